The number of likely N-dealkylation sites (N-methyl/N-ethyl adjacent to an activating group) is 1. The van der Waals surface area contributed by atoms with E-state index in [0.29, 0.717) is 19.3 Å². The Morgan fingerprint density at radius 1 is 1.05 bits per heavy atom. The quantitative estimate of drug-likeness (QED) is 0.680. The van der Waals surface area contributed by atoms with Crippen molar-refractivity contribution in [2.24, 2.45) is 0 Å². The second-order valence-electron chi connectivity index (χ2n) is 5.27. The first-order chi connectivity index (χ1) is 10.2. The molecule has 1 N–H and O–H groups in total. The first-order valence-electron chi connectivity index (χ1n) is 7.97. The minimum atomic E-state index is 0.540. The molecule has 0 bridgehead atoms. The van der Waals surface area contributed by atoms with Gasteiger partial charge in [-0.25, -0.2) is 0 Å². The number of nitrogens with one attached hydrogen (secondary N) is 1. The summed E-state index contributed by atoms with van der Waals surface area (Å²) < 4.78 is 11.4. The topological polar surface area (TPSA) is 33.7 Å². The van der Waals surface area contributed by atoms with Crippen LogP contribution in [0.5, 0.6) is 11.5 Å². The van der Waals surface area contributed by atoms with Crippen LogP contribution in [-0.4, -0.2) is 50.3 Å². The van der Waals surface area contributed by atoms with Crippen LogP contribution in [0.15, 0.2) is 24.3 Å². The van der Waals surface area contributed by atoms with Gasteiger partial charge < -0.3 is 14.8 Å². The van der Waals surface area contributed by atoms with Crippen molar-refractivity contribution in [3.05, 3.63) is 24.3 Å². The molecule has 0 fully saturated rings. The van der Waals surface area contributed by atoms with E-state index in [1.807, 2.05) is 31.2 Å². The van der Waals surface area contributed by atoms with Gasteiger partial charge in [-0.2, -0.15) is 0 Å². The third-order valence-electron chi connectivity index (χ3n) is 3.24. The Balaban J connectivity index is 2.33. The number of nitrogens with zero attached hydrogens (tertiary/aromatic N) is 1. The molecule has 0 aliphatic carbocycles. The lowest BCUT2D eigenvalue weighted by atomic mass is 10.3. The lowest BCUT2D eigenvalue weighted by Gasteiger charge is -2.21. The molecule has 4 heteroatoms. The Bertz CT molecular complexity index is 383. The summed E-state index contributed by atoms with van der Waals surface area (Å²) in [6, 6.07) is 8.39. The van der Waals surface area contributed by atoms with Crippen LogP contribution >= 0.6 is 0 Å². The van der Waals surface area contributed by atoms with Crippen LogP contribution in [-0.2, 0) is 0 Å². The van der Waals surface area contributed by atoms with Crippen molar-refractivity contribution in [3.8, 4) is 11.5 Å². The molecular weight excluding hydrogens is 264 g/mol. The van der Waals surface area contributed by atoms with Crippen molar-refractivity contribution in [2.45, 2.75) is 33.7 Å². The van der Waals surface area contributed by atoms with Crippen molar-refractivity contribution in [2.75, 3.05) is 39.4 Å². The molecule has 1 rings (SSSR count). The highest BCUT2D eigenvalue weighted by Gasteiger charge is 2.06. The molecule has 120 valence electrons. The standard InChI is InChI=1S/C17H30N2O2/c1-5-19(12-11-18-15(3)4)13-14-21-17-10-8-7-9-16(17)20-6-2/h7-10,15,18H,5-6,11-14H2,1-4H3. The summed E-state index contributed by atoms with van der Waals surface area (Å²) in [5.74, 6) is 1.65. The fourth-order valence-corrected chi connectivity index (χ4v) is 2.07. The molecule has 4 nitrogen and oxygen atoms in total. The Kier molecular flexibility index (Phi) is 8.87. The Hall–Kier alpha value is -1.26. The zero-order valence-electron chi connectivity index (χ0n) is 13.9. The van der Waals surface area contributed by atoms with E-state index in [1.165, 1.54) is 0 Å². The molecular formula is C17H30N2O2. The maximum Gasteiger partial charge on any atom is 0.161 e. The molecule has 0 amide bonds. The summed E-state index contributed by atoms with van der Waals surface area (Å²) in [6.45, 7) is 13.9. The van der Waals surface area contributed by atoms with Crippen LogP contribution in [0.4, 0.5) is 0 Å². The zero-order chi connectivity index (χ0) is 15.5. The van der Waals surface area contributed by atoms with Gasteiger partial charge in [0.2, 0.25) is 0 Å². The molecule has 0 aliphatic heterocycles. The Morgan fingerprint density at radius 3 is 2.29 bits per heavy atom. The van der Waals surface area contributed by atoms with Gasteiger partial charge in [-0.05, 0) is 25.6 Å². The van der Waals surface area contributed by atoms with E-state index < -0.39 is 0 Å². The lowest BCUT2D eigenvalue weighted by molar-refractivity contribution is 0.207. The van der Waals surface area contributed by atoms with Gasteiger partial charge >= 0.3 is 0 Å². The van der Waals surface area contributed by atoms with Crippen molar-refractivity contribution >= 4 is 0 Å². The number of rotatable bonds is 11. The van der Waals surface area contributed by atoms with Crippen LogP contribution in [0, 0.1) is 0 Å². The highest BCUT2D eigenvalue weighted by Crippen LogP contribution is 2.26. The summed E-state index contributed by atoms with van der Waals surface area (Å²) in [7, 11) is 0. The lowest BCUT2D eigenvalue weighted by Crippen LogP contribution is -2.36. The third-order valence-corrected chi connectivity index (χ3v) is 3.24. The number of hydrogen-bond donors (Lipinski definition) is 1. The number of benzene rings is 1. The van der Waals surface area contributed by atoms with Gasteiger partial charge in [-0.15, -0.1) is 0 Å². The van der Waals surface area contributed by atoms with Gasteiger partial charge in [-0.1, -0.05) is 32.9 Å². The van der Waals surface area contributed by atoms with Crippen LogP contribution < -0.4 is 14.8 Å². The molecule has 1 aromatic carbocycles. The van der Waals surface area contributed by atoms with E-state index in [-0.39, 0.29) is 0 Å². The van der Waals surface area contributed by atoms with Crippen LogP contribution in [0.2, 0.25) is 0 Å². The molecule has 0 radical (unpaired) electrons. The minimum absolute atomic E-state index is 0.540. The van der Waals surface area contributed by atoms with E-state index in [1.54, 1.807) is 0 Å². The fraction of sp³-hybridized carbons (Fsp3) is 0.647. The van der Waals surface area contributed by atoms with Gasteiger partial charge in [0, 0.05) is 25.7 Å². The molecule has 0 saturated heterocycles. The third kappa shape index (κ3) is 7.34. The van der Waals surface area contributed by atoms with Gasteiger partial charge in [0.1, 0.15) is 6.61 Å². The first kappa shape index (κ1) is 17.8. The van der Waals surface area contributed by atoms with E-state index in [0.717, 1.165) is 37.7 Å². The van der Waals surface area contributed by atoms with Crippen LogP contribution in [0.3, 0.4) is 0 Å². The first-order valence-corrected chi connectivity index (χ1v) is 7.97. The normalized spacial score (nSPS) is 11.1. The summed E-state index contributed by atoms with van der Waals surface area (Å²) in [6.07, 6.45) is 0. The molecule has 0 heterocycles. The van der Waals surface area contributed by atoms with E-state index in [2.05, 4.69) is 31.0 Å². The van der Waals surface area contributed by atoms with Crippen molar-refractivity contribution in [3.63, 3.8) is 0 Å². The van der Waals surface area contributed by atoms with Crippen LogP contribution in [0.1, 0.15) is 27.7 Å². The van der Waals surface area contributed by atoms with E-state index in [4.69, 9.17) is 9.47 Å². The number of hydrogen-bond acceptors (Lipinski definition) is 4. The zero-order valence-corrected chi connectivity index (χ0v) is 13.9. The van der Waals surface area contributed by atoms with Crippen molar-refractivity contribution in [1.82, 2.24) is 10.2 Å². The van der Waals surface area contributed by atoms with Crippen molar-refractivity contribution in [1.29, 1.82) is 0 Å². The van der Waals surface area contributed by atoms with E-state index in [9.17, 15) is 0 Å². The number of ether oxygens (including phenoxy) is 2. The molecule has 0 saturated carbocycles. The highest BCUT2D eigenvalue weighted by atomic mass is 16.5. The van der Waals surface area contributed by atoms with Gasteiger partial charge in [0.05, 0.1) is 6.61 Å². The maximum atomic E-state index is 5.86. The largest absolute Gasteiger partial charge is 0.490 e. The molecule has 21 heavy (non-hydrogen) atoms. The predicted octanol–water partition coefficient (Wildman–Crippen LogP) is 2.78. The highest BCUT2D eigenvalue weighted by molar-refractivity contribution is 5.39. The predicted molar refractivity (Wildman–Crippen MR) is 88.4 cm³/mol. The van der Waals surface area contributed by atoms with Gasteiger partial charge in [0.25, 0.3) is 0 Å². The monoisotopic (exact) mass is 294 g/mol. The molecule has 0 unspecified atom stereocenters. The van der Waals surface area contributed by atoms with E-state index >= 15 is 0 Å². The van der Waals surface area contributed by atoms with Gasteiger partial charge in [-0.3, -0.25) is 4.90 Å². The van der Waals surface area contributed by atoms with Gasteiger partial charge in [0.15, 0.2) is 11.5 Å². The fourth-order valence-electron chi connectivity index (χ4n) is 2.07. The van der Waals surface area contributed by atoms with Crippen molar-refractivity contribution < 1.29 is 9.47 Å². The summed E-state index contributed by atoms with van der Waals surface area (Å²) in [5.41, 5.74) is 0. The minimum Gasteiger partial charge on any atom is -0.490 e. The Morgan fingerprint density at radius 2 is 1.71 bits per heavy atom. The smallest absolute Gasteiger partial charge is 0.161 e. The average Bonchev–Trinajstić information content (AvgIpc) is 2.47. The number of para-hydroxylation sites is 2. The summed E-state index contributed by atoms with van der Waals surface area (Å²) >= 11 is 0. The summed E-state index contributed by atoms with van der Waals surface area (Å²) in [5, 5.41) is 3.44. The maximum absolute atomic E-state index is 5.86. The SMILES string of the molecule is CCOc1ccccc1OCCN(CC)CCNC(C)C. The molecule has 0 spiro atoms. The average molecular weight is 294 g/mol. The second kappa shape index (κ2) is 10.5. The Labute approximate surface area is 129 Å². The second-order valence-corrected chi connectivity index (χ2v) is 5.27. The molecule has 0 aliphatic rings. The van der Waals surface area contributed by atoms with Crippen LogP contribution in [0.25, 0.3) is 0 Å². The molecule has 1 aromatic rings. The molecule has 0 atom stereocenters. The summed E-state index contributed by atoms with van der Waals surface area (Å²) in [4.78, 5) is 2.39. The molecule has 0 aromatic heterocycles.